The molecule has 0 atom stereocenters. The van der Waals surface area contributed by atoms with Crippen LogP contribution in [-0.2, 0) is 0 Å². The number of phenols is 1. The van der Waals surface area contributed by atoms with E-state index in [4.69, 9.17) is 5.11 Å². The number of hydrogen-bond donors (Lipinski definition) is 2. The Morgan fingerprint density at radius 1 is 1.11 bits per heavy atom. The van der Waals surface area contributed by atoms with Crippen LogP contribution >= 0.6 is 0 Å². The van der Waals surface area contributed by atoms with Gasteiger partial charge in [-0.25, -0.2) is 4.79 Å². The van der Waals surface area contributed by atoms with E-state index in [2.05, 4.69) is 4.99 Å². The zero-order valence-electron chi connectivity index (χ0n) is 9.45. The lowest BCUT2D eigenvalue weighted by Gasteiger charge is -2.00. The van der Waals surface area contributed by atoms with Crippen LogP contribution in [0.3, 0.4) is 0 Å². The van der Waals surface area contributed by atoms with Crippen molar-refractivity contribution < 1.29 is 15.0 Å². The quantitative estimate of drug-likeness (QED) is 0.812. The molecule has 0 bridgehead atoms. The summed E-state index contributed by atoms with van der Waals surface area (Å²) in [5, 5.41) is 18.4. The van der Waals surface area contributed by atoms with Gasteiger partial charge in [-0.3, -0.25) is 4.99 Å². The van der Waals surface area contributed by atoms with Gasteiger partial charge in [0.15, 0.2) is 0 Å². The van der Waals surface area contributed by atoms with E-state index >= 15 is 0 Å². The zero-order valence-corrected chi connectivity index (χ0v) is 9.45. The standard InChI is InChI=1S/C14H11NO3/c16-13-7-6-11(14(17)18)8-12(13)15-9-10-4-2-1-3-5-10/h1-9,16H,(H,17,18). The minimum absolute atomic E-state index is 0.0489. The lowest BCUT2D eigenvalue weighted by Crippen LogP contribution is -1.94. The van der Waals surface area contributed by atoms with Crippen molar-refractivity contribution in [1.82, 2.24) is 0 Å². The number of benzene rings is 2. The van der Waals surface area contributed by atoms with Crippen LogP contribution in [0.1, 0.15) is 15.9 Å². The van der Waals surface area contributed by atoms with E-state index < -0.39 is 5.97 Å². The van der Waals surface area contributed by atoms with Crippen LogP contribution in [0, 0.1) is 0 Å². The molecule has 18 heavy (non-hydrogen) atoms. The Kier molecular flexibility index (Phi) is 3.38. The molecule has 90 valence electrons. The number of carboxylic acid groups (broad SMARTS) is 1. The van der Waals surface area contributed by atoms with Crippen LogP contribution in [0.5, 0.6) is 5.75 Å². The molecule has 0 aliphatic heterocycles. The second-order valence-corrected chi connectivity index (χ2v) is 3.68. The maximum Gasteiger partial charge on any atom is 0.335 e. The van der Waals surface area contributed by atoms with Gasteiger partial charge in [0, 0.05) is 6.21 Å². The first-order valence-corrected chi connectivity index (χ1v) is 5.32. The van der Waals surface area contributed by atoms with Gasteiger partial charge < -0.3 is 10.2 Å². The molecule has 2 rings (SSSR count). The molecule has 4 heteroatoms. The molecular weight excluding hydrogens is 230 g/mol. The monoisotopic (exact) mass is 241 g/mol. The highest BCUT2D eigenvalue weighted by Gasteiger charge is 2.06. The van der Waals surface area contributed by atoms with Crippen LogP contribution < -0.4 is 0 Å². The van der Waals surface area contributed by atoms with E-state index in [1.54, 1.807) is 6.21 Å². The van der Waals surface area contributed by atoms with Gasteiger partial charge in [0.05, 0.1) is 5.56 Å². The van der Waals surface area contributed by atoms with E-state index in [-0.39, 0.29) is 17.0 Å². The highest BCUT2D eigenvalue weighted by atomic mass is 16.4. The Balaban J connectivity index is 2.31. The topological polar surface area (TPSA) is 69.9 Å². The van der Waals surface area contributed by atoms with Crippen molar-refractivity contribution in [1.29, 1.82) is 0 Å². The number of carbonyl (C=O) groups is 1. The molecule has 0 unspecified atom stereocenters. The van der Waals surface area contributed by atoms with Crippen molar-refractivity contribution in [3.8, 4) is 5.75 Å². The summed E-state index contributed by atoms with van der Waals surface area (Å²) in [6.45, 7) is 0. The van der Waals surface area contributed by atoms with Crippen LogP contribution in [0.4, 0.5) is 5.69 Å². The molecule has 2 aromatic carbocycles. The van der Waals surface area contributed by atoms with Crippen molar-refractivity contribution in [3.05, 3.63) is 59.7 Å². The van der Waals surface area contributed by atoms with Gasteiger partial charge in [-0.15, -0.1) is 0 Å². The number of phenolic OH excluding ortho intramolecular Hbond substituents is 1. The first-order valence-electron chi connectivity index (χ1n) is 5.32. The van der Waals surface area contributed by atoms with Crippen LogP contribution in [0.25, 0.3) is 0 Å². The van der Waals surface area contributed by atoms with Crippen molar-refractivity contribution >= 4 is 17.9 Å². The zero-order chi connectivity index (χ0) is 13.0. The van der Waals surface area contributed by atoms with E-state index in [1.165, 1.54) is 18.2 Å². The number of rotatable bonds is 3. The minimum Gasteiger partial charge on any atom is -0.506 e. The average molecular weight is 241 g/mol. The molecule has 0 heterocycles. The van der Waals surface area contributed by atoms with Gasteiger partial charge in [-0.1, -0.05) is 30.3 Å². The largest absolute Gasteiger partial charge is 0.506 e. The molecule has 4 nitrogen and oxygen atoms in total. The van der Waals surface area contributed by atoms with E-state index in [0.717, 1.165) is 5.56 Å². The molecule has 0 aromatic heterocycles. The number of aromatic carboxylic acids is 1. The summed E-state index contributed by atoms with van der Waals surface area (Å²) in [5.74, 6) is -1.10. The Hall–Kier alpha value is -2.62. The molecule has 0 spiro atoms. The maximum atomic E-state index is 10.8. The lowest BCUT2D eigenvalue weighted by atomic mass is 10.2. The molecule has 0 fully saturated rings. The number of hydrogen-bond acceptors (Lipinski definition) is 3. The summed E-state index contributed by atoms with van der Waals surface area (Å²) >= 11 is 0. The van der Waals surface area contributed by atoms with Gasteiger partial charge in [-0.2, -0.15) is 0 Å². The van der Waals surface area contributed by atoms with Crippen molar-refractivity contribution in [3.63, 3.8) is 0 Å². The number of aromatic hydroxyl groups is 1. The normalized spacial score (nSPS) is 10.7. The van der Waals surface area contributed by atoms with Gasteiger partial charge in [0.2, 0.25) is 0 Å². The average Bonchev–Trinajstić information content (AvgIpc) is 2.38. The van der Waals surface area contributed by atoms with Crippen LogP contribution in [0.15, 0.2) is 53.5 Å². The third-order valence-corrected chi connectivity index (χ3v) is 2.37. The second-order valence-electron chi connectivity index (χ2n) is 3.68. The number of carboxylic acids is 1. The fourth-order valence-corrected chi connectivity index (χ4v) is 1.44. The number of nitrogens with zero attached hydrogens (tertiary/aromatic N) is 1. The van der Waals surface area contributed by atoms with Crippen molar-refractivity contribution in [2.24, 2.45) is 4.99 Å². The summed E-state index contributed by atoms with van der Waals surface area (Å²) in [6, 6.07) is 13.3. The summed E-state index contributed by atoms with van der Waals surface area (Å²) < 4.78 is 0. The Morgan fingerprint density at radius 2 is 1.83 bits per heavy atom. The Bertz CT molecular complexity index is 591. The van der Waals surface area contributed by atoms with Gasteiger partial charge >= 0.3 is 5.97 Å². The molecule has 0 aliphatic rings. The third-order valence-electron chi connectivity index (χ3n) is 2.37. The molecule has 0 saturated carbocycles. The predicted octanol–water partition coefficient (Wildman–Crippen LogP) is 2.84. The predicted molar refractivity (Wildman–Crippen MR) is 68.8 cm³/mol. The second kappa shape index (κ2) is 5.14. The van der Waals surface area contributed by atoms with E-state index in [1.807, 2.05) is 30.3 Å². The first kappa shape index (κ1) is 11.9. The molecule has 0 amide bonds. The Morgan fingerprint density at radius 3 is 2.50 bits per heavy atom. The highest BCUT2D eigenvalue weighted by Crippen LogP contribution is 2.27. The molecule has 2 aromatic rings. The number of aliphatic imine (C=N–C) groups is 1. The summed E-state index contributed by atoms with van der Waals surface area (Å²) in [7, 11) is 0. The van der Waals surface area contributed by atoms with E-state index in [9.17, 15) is 9.90 Å². The van der Waals surface area contributed by atoms with Crippen molar-refractivity contribution in [2.45, 2.75) is 0 Å². The molecular formula is C14H11NO3. The fourth-order valence-electron chi connectivity index (χ4n) is 1.44. The fraction of sp³-hybridized carbons (Fsp3) is 0. The van der Waals surface area contributed by atoms with Gasteiger partial charge in [0.1, 0.15) is 11.4 Å². The molecule has 0 radical (unpaired) electrons. The summed E-state index contributed by atoms with van der Waals surface area (Å²) in [4.78, 5) is 14.9. The SMILES string of the molecule is O=C(O)c1ccc(O)c(N=Cc2ccccc2)c1. The highest BCUT2D eigenvalue weighted by molar-refractivity contribution is 5.90. The Labute approximate surface area is 104 Å². The lowest BCUT2D eigenvalue weighted by molar-refractivity contribution is 0.0697. The first-order chi connectivity index (χ1) is 8.66. The molecule has 0 saturated heterocycles. The van der Waals surface area contributed by atoms with Gasteiger partial charge in [0.25, 0.3) is 0 Å². The molecule has 0 aliphatic carbocycles. The van der Waals surface area contributed by atoms with Crippen LogP contribution in [0.2, 0.25) is 0 Å². The maximum absolute atomic E-state index is 10.8. The smallest absolute Gasteiger partial charge is 0.335 e. The summed E-state index contributed by atoms with van der Waals surface area (Å²) in [5.41, 5.74) is 1.20. The third kappa shape index (κ3) is 2.74. The van der Waals surface area contributed by atoms with Crippen molar-refractivity contribution in [2.75, 3.05) is 0 Å². The molecule has 2 N–H and O–H groups in total. The summed E-state index contributed by atoms with van der Waals surface area (Å²) in [6.07, 6.45) is 1.57. The van der Waals surface area contributed by atoms with Crippen LogP contribution in [-0.4, -0.2) is 22.4 Å². The van der Waals surface area contributed by atoms with Gasteiger partial charge in [-0.05, 0) is 23.8 Å². The van der Waals surface area contributed by atoms with E-state index in [0.29, 0.717) is 0 Å². The minimum atomic E-state index is -1.05.